The van der Waals surface area contributed by atoms with Gasteiger partial charge in [0.2, 0.25) is 0 Å². The molecule has 1 aliphatic rings. The molecule has 1 saturated heterocycles. The van der Waals surface area contributed by atoms with Crippen molar-refractivity contribution in [2.45, 2.75) is 38.5 Å². The third-order valence-corrected chi connectivity index (χ3v) is 8.30. The molecule has 7 nitrogen and oxygen atoms in total. The monoisotopic (exact) mass is 558 g/mol. The van der Waals surface area contributed by atoms with Crippen LogP contribution in [0.3, 0.4) is 0 Å². The number of ether oxygens (including phenoxy) is 1. The predicted molar refractivity (Wildman–Crippen MR) is 132 cm³/mol. The first-order chi connectivity index (χ1) is 13.2. The lowest BCUT2D eigenvalue weighted by molar-refractivity contribution is 0.0186. The Labute approximate surface area is 196 Å². The highest BCUT2D eigenvalue weighted by atomic mass is 127. The zero-order chi connectivity index (χ0) is 20.6. The van der Waals surface area contributed by atoms with E-state index in [4.69, 9.17) is 9.73 Å². The highest BCUT2D eigenvalue weighted by Crippen LogP contribution is 2.26. The van der Waals surface area contributed by atoms with Crippen molar-refractivity contribution < 1.29 is 13.2 Å². The highest BCUT2D eigenvalue weighted by molar-refractivity contribution is 14.0. The molecular formula is C19H35IN4O3S2. The van der Waals surface area contributed by atoms with Crippen molar-refractivity contribution in [3.63, 3.8) is 0 Å². The Hall–Kier alpha value is -0.430. The van der Waals surface area contributed by atoms with Gasteiger partial charge < -0.3 is 15.4 Å². The van der Waals surface area contributed by atoms with Crippen molar-refractivity contribution in [3.05, 3.63) is 22.4 Å². The minimum atomic E-state index is -3.16. The van der Waals surface area contributed by atoms with Crippen LogP contribution in [-0.2, 0) is 14.6 Å². The Bertz CT molecular complexity index is 712. The van der Waals surface area contributed by atoms with E-state index in [2.05, 4.69) is 33.0 Å². The molecule has 1 fully saturated rings. The highest BCUT2D eigenvalue weighted by Gasteiger charge is 2.28. The Morgan fingerprint density at radius 3 is 2.55 bits per heavy atom. The average molecular weight is 559 g/mol. The number of hydrogen-bond donors (Lipinski definition) is 2. The van der Waals surface area contributed by atoms with Crippen LogP contribution in [0.4, 0.5) is 0 Å². The van der Waals surface area contributed by atoms with Gasteiger partial charge in [0.1, 0.15) is 0 Å². The lowest BCUT2D eigenvalue weighted by Crippen LogP contribution is -2.43. The number of sulfone groups is 1. The van der Waals surface area contributed by atoms with E-state index in [1.165, 1.54) is 4.88 Å². The number of rotatable bonds is 8. The summed E-state index contributed by atoms with van der Waals surface area (Å²) in [4.78, 5) is 8.45. The van der Waals surface area contributed by atoms with Crippen molar-refractivity contribution >= 4 is 51.1 Å². The molecule has 2 N–H and O–H groups in total. The number of nitrogens with zero attached hydrogens (tertiary/aromatic N) is 2. The zero-order valence-electron chi connectivity index (χ0n) is 17.8. The van der Waals surface area contributed by atoms with Crippen LogP contribution in [-0.4, -0.2) is 75.7 Å². The molecule has 0 saturated carbocycles. The Kier molecular flexibility index (Phi) is 11.4. The Morgan fingerprint density at radius 2 is 2.00 bits per heavy atom. The summed E-state index contributed by atoms with van der Waals surface area (Å²) in [5, 5.41) is 8.48. The summed E-state index contributed by atoms with van der Waals surface area (Å²) < 4.78 is 29.3. The van der Waals surface area contributed by atoms with E-state index in [-0.39, 0.29) is 35.8 Å². The topological polar surface area (TPSA) is 83.0 Å². The molecule has 0 amide bonds. The SMILES string of the molecule is CCNC(=NCC(c1cccs1)N1CCOCC1)NCCS(=O)(=O)C(C)(C)C.I. The molecule has 1 aromatic rings. The summed E-state index contributed by atoms with van der Waals surface area (Å²) >= 11 is 1.74. The predicted octanol–water partition coefficient (Wildman–Crippen LogP) is 2.51. The molecule has 1 aliphatic heterocycles. The quantitative estimate of drug-likeness (QED) is 0.290. The maximum atomic E-state index is 12.3. The first-order valence-electron chi connectivity index (χ1n) is 9.84. The second kappa shape index (κ2) is 12.4. The smallest absolute Gasteiger partial charge is 0.191 e. The van der Waals surface area contributed by atoms with Crippen LogP contribution in [0, 0.1) is 0 Å². The molecule has 2 heterocycles. The summed E-state index contributed by atoms with van der Waals surface area (Å²) in [5.41, 5.74) is 0. The van der Waals surface area contributed by atoms with Gasteiger partial charge in [0.15, 0.2) is 15.8 Å². The molecule has 29 heavy (non-hydrogen) atoms. The van der Waals surface area contributed by atoms with Crippen LogP contribution < -0.4 is 10.6 Å². The number of aliphatic imine (C=N–C) groups is 1. The fourth-order valence-corrected chi connectivity index (χ4v) is 4.72. The molecule has 0 radical (unpaired) electrons. The molecule has 168 valence electrons. The molecule has 10 heteroatoms. The van der Waals surface area contributed by atoms with Gasteiger partial charge in [0, 0.05) is 31.1 Å². The number of nitrogens with one attached hydrogen (secondary N) is 2. The third-order valence-electron chi connectivity index (χ3n) is 4.72. The van der Waals surface area contributed by atoms with Gasteiger partial charge in [-0.05, 0) is 39.1 Å². The van der Waals surface area contributed by atoms with Crippen LogP contribution in [0.25, 0.3) is 0 Å². The second-order valence-electron chi connectivity index (χ2n) is 7.76. The maximum Gasteiger partial charge on any atom is 0.191 e. The third kappa shape index (κ3) is 8.31. The van der Waals surface area contributed by atoms with Crippen LogP contribution >= 0.6 is 35.3 Å². The van der Waals surface area contributed by atoms with E-state index in [9.17, 15) is 8.42 Å². The standard InChI is InChI=1S/C19H34N4O3S2.HI/c1-5-20-18(21-8-14-28(24,25)19(2,3)4)22-15-16(17-7-6-13-27-17)23-9-11-26-12-10-23;/h6-7,13,16H,5,8-12,14-15H2,1-4H3,(H2,20,21,22);1H. The second-order valence-corrected chi connectivity index (χ2v) is 11.6. The minimum absolute atomic E-state index is 0. The number of hydrogen-bond acceptors (Lipinski definition) is 6. The lowest BCUT2D eigenvalue weighted by atomic mass is 10.2. The van der Waals surface area contributed by atoms with Gasteiger partial charge in [0.25, 0.3) is 0 Å². The number of halogens is 1. The van der Waals surface area contributed by atoms with Crippen LogP contribution in [0.1, 0.15) is 38.6 Å². The van der Waals surface area contributed by atoms with Crippen LogP contribution in [0.2, 0.25) is 0 Å². The fraction of sp³-hybridized carbons (Fsp3) is 0.737. The van der Waals surface area contributed by atoms with Crippen molar-refractivity contribution in [1.29, 1.82) is 0 Å². The first kappa shape index (κ1) is 26.6. The molecule has 1 unspecified atom stereocenters. The van der Waals surface area contributed by atoms with E-state index in [1.807, 2.05) is 6.92 Å². The minimum Gasteiger partial charge on any atom is -0.379 e. The van der Waals surface area contributed by atoms with E-state index in [1.54, 1.807) is 32.1 Å². The number of guanidine groups is 1. The maximum absolute atomic E-state index is 12.3. The summed E-state index contributed by atoms with van der Waals surface area (Å²) in [6.45, 7) is 12.1. The van der Waals surface area contributed by atoms with Gasteiger partial charge in [-0.3, -0.25) is 9.89 Å². The van der Waals surface area contributed by atoms with E-state index in [0.717, 1.165) is 32.8 Å². The van der Waals surface area contributed by atoms with Gasteiger partial charge in [-0.2, -0.15) is 0 Å². The zero-order valence-corrected chi connectivity index (χ0v) is 21.8. The largest absolute Gasteiger partial charge is 0.379 e. The van der Waals surface area contributed by atoms with E-state index >= 15 is 0 Å². The van der Waals surface area contributed by atoms with Crippen molar-refractivity contribution in [2.24, 2.45) is 4.99 Å². The summed E-state index contributed by atoms with van der Waals surface area (Å²) in [7, 11) is -3.16. The molecule has 2 rings (SSSR count). The van der Waals surface area contributed by atoms with E-state index < -0.39 is 14.6 Å². The fourth-order valence-electron chi connectivity index (χ4n) is 2.88. The van der Waals surface area contributed by atoms with Crippen molar-refractivity contribution in [2.75, 3.05) is 51.7 Å². The number of thiophene rings is 1. The Balaban J connectivity index is 0.00000420. The molecule has 1 aromatic heterocycles. The van der Waals surface area contributed by atoms with Crippen molar-refractivity contribution in [3.8, 4) is 0 Å². The summed E-state index contributed by atoms with van der Waals surface area (Å²) in [6.07, 6.45) is 0. The van der Waals surface area contributed by atoms with E-state index in [0.29, 0.717) is 19.0 Å². The Morgan fingerprint density at radius 1 is 1.31 bits per heavy atom. The van der Waals surface area contributed by atoms with Gasteiger partial charge in [-0.15, -0.1) is 35.3 Å². The number of morpholine rings is 1. The average Bonchev–Trinajstić information content (AvgIpc) is 3.16. The summed E-state index contributed by atoms with van der Waals surface area (Å²) in [6, 6.07) is 4.42. The van der Waals surface area contributed by atoms with Gasteiger partial charge in [0.05, 0.1) is 36.3 Å². The van der Waals surface area contributed by atoms with Gasteiger partial charge in [-0.25, -0.2) is 8.42 Å². The molecule has 0 aliphatic carbocycles. The lowest BCUT2D eigenvalue weighted by Gasteiger charge is -2.33. The molecular weight excluding hydrogens is 523 g/mol. The molecule has 0 spiro atoms. The van der Waals surface area contributed by atoms with Crippen LogP contribution in [0.5, 0.6) is 0 Å². The normalized spacial score (nSPS) is 17.4. The molecule has 0 bridgehead atoms. The molecule has 0 aromatic carbocycles. The van der Waals surface area contributed by atoms with Gasteiger partial charge >= 0.3 is 0 Å². The van der Waals surface area contributed by atoms with Gasteiger partial charge in [-0.1, -0.05) is 6.07 Å². The van der Waals surface area contributed by atoms with Crippen LogP contribution in [0.15, 0.2) is 22.5 Å². The molecule has 1 atom stereocenters. The summed E-state index contributed by atoms with van der Waals surface area (Å²) in [5.74, 6) is 0.736. The van der Waals surface area contributed by atoms with Crippen molar-refractivity contribution in [1.82, 2.24) is 15.5 Å². The first-order valence-corrected chi connectivity index (χ1v) is 12.4.